The highest BCUT2D eigenvalue weighted by Crippen LogP contribution is 2.34. The van der Waals surface area contributed by atoms with E-state index in [9.17, 15) is 4.79 Å². The Balaban J connectivity index is 1.38. The molecule has 2 aromatic heterocycles. The van der Waals surface area contributed by atoms with Gasteiger partial charge >= 0.3 is 0 Å². The maximum Gasteiger partial charge on any atom is 0.233 e. The first-order valence-corrected chi connectivity index (χ1v) is 11.5. The number of hydrogen-bond donors (Lipinski definition) is 0. The van der Waals surface area contributed by atoms with Crippen LogP contribution < -0.4 is 14.4 Å². The summed E-state index contributed by atoms with van der Waals surface area (Å²) in [5, 5.41) is 2.66. The van der Waals surface area contributed by atoms with Crippen molar-refractivity contribution in [2.24, 2.45) is 0 Å². The SMILES string of the molecule is O=C(Cc1csc(-c2ccco2)n1)N(C/C=C\c1ccccc1)c1ccc2c(c1)OCCO2. The summed E-state index contributed by atoms with van der Waals surface area (Å²) in [5.41, 5.74) is 2.55. The number of nitrogens with zero attached hydrogens (tertiary/aromatic N) is 2. The molecule has 4 aromatic rings. The van der Waals surface area contributed by atoms with Crippen LogP contribution in [0.4, 0.5) is 5.69 Å². The van der Waals surface area contributed by atoms with Gasteiger partial charge in [-0.3, -0.25) is 4.79 Å². The molecule has 166 valence electrons. The second-order valence-electron chi connectivity index (χ2n) is 7.44. The Morgan fingerprint density at radius 2 is 1.88 bits per heavy atom. The smallest absolute Gasteiger partial charge is 0.233 e. The van der Waals surface area contributed by atoms with Crippen LogP contribution in [0.3, 0.4) is 0 Å². The first kappa shape index (κ1) is 21.0. The molecule has 0 saturated heterocycles. The zero-order valence-corrected chi connectivity index (χ0v) is 18.7. The molecule has 3 heterocycles. The average Bonchev–Trinajstić information content (AvgIpc) is 3.54. The highest BCUT2D eigenvalue weighted by molar-refractivity contribution is 7.13. The summed E-state index contributed by atoms with van der Waals surface area (Å²) in [7, 11) is 0. The molecule has 0 atom stereocenters. The molecule has 0 spiro atoms. The summed E-state index contributed by atoms with van der Waals surface area (Å²) in [6, 6.07) is 19.3. The molecule has 6 nitrogen and oxygen atoms in total. The molecule has 1 aliphatic rings. The molecule has 1 aliphatic heterocycles. The molecule has 33 heavy (non-hydrogen) atoms. The highest BCUT2D eigenvalue weighted by Gasteiger charge is 2.20. The minimum Gasteiger partial charge on any atom is -0.486 e. The standard InChI is InChI=1S/C26H22N2O4S/c29-25(16-20-18-33-26(27-20)23-9-5-13-30-23)28(12-4-8-19-6-2-1-3-7-19)21-10-11-22-24(17-21)32-15-14-31-22/h1-11,13,17-18H,12,14-16H2/b8-4-. The number of rotatable bonds is 7. The van der Waals surface area contributed by atoms with Crippen LogP contribution in [-0.4, -0.2) is 30.6 Å². The van der Waals surface area contributed by atoms with Gasteiger partial charge in [0.05, 0.1) is 18.4 Å². The zero-order valence-electron chi connectivity index (χ0n) is 17.8. The number of amides is 1. The number of furan rings is 1. The van der Waals surface area contributed by atoms with Crippen molar-refractivity contribution in [2.45, 2.75) is 6.42 Å². The molecular weight excluding hydrogens is 436 g/mol. The van der Waals surface area contributed by atoms with E-state index in [-0.39, 0.29) is 12.3 Å². The Kier molecular flexibility index (Phi) is 6.21. The van der Waals surface area contributed by atoms with Gasteiger partial charge in [0.1, 0.15) is 13.2 Å². The van der Waals surface area contributed by atoms with Crippen molar-refractivity contribution in [3.63, 3.8) is 0 Å². The van der Waals surface area contributed by atoms with Crippen LogP contribution in [0, 0.1) is 0 Å². The van der Waals surface area contributed by atoms with Crippen LogP contribution in [0.15, 0.2) is 82.8 Å². The number of thiazole rings is 1. The zero-order chi connectivity index (χ0) is 22.5. The van der Waals surface area contributed by atoms with Crippen molar-refractivity contribution in [1.82, 2.24) is 4.98 Å². The van der Waals surface area contributed by atoms with Crippen molar-refractivity contribution in [3.05, 3.63) is 89.6 Å². The number of ether oxygens (including phenoxy) is 2. The van der Waals surface area contributed by atoms with E-state index in [4.69, 9.17) is 13.9 Å². The van der Waals surface area contributed by atoms with Crippen LogP contribution in [0.2, 0.25) is 0 Å². The number of carbonyl (C=O) groups excluding carboxylic acids is 1. The van der Waals surface area contributed by atoms with E-state index >= 15 is 0 Å². The van der Waals surface area contributed by atoms with E-state index < -0.39 is 0 Å². The van der Waals surface area contributed by atoms with E-state index in [2.05, 4.69) is 4.98 Å². The summed E-state index contributed by atoms with van der Waals surface area (Å²) in [5.74, 6) is 1.99. The van der Waals surface area contributed by atoms with E-state index in [1.807, 2.05) is 78.2 Å². The Morgan fingerprint density at radius 3 is 2.70 bits per heavy atom. The highest BCUT2D eigenvalue weighted by atomic mass is 32.1. The molecule has 1 amide bonds. The predicted octanol–water partition coefficient (Wildman–Crippen LogP) is 5.46. The van der Waals surface area contributed by atoms with Gasteiger partial charge in [0.25, 0.3) is 0 Å². The van der Waals surface area contributed by atoms with Gasteiger partial charge in [-0.2, -0.15) is 0 Å². The third kappa shape index (κ3) is 4.99. The lowest BCUT2D eigenvalue weighted by Gasteiger charge is -2.24. The Labute approximate surface area is 195 Å². The van der Waals surface area contributed by atoms with Gasteiger partial charge in [-0.05, 0) is 29.8 Å². The van der Waals surface area contributed by atoms with Gasteiger partial charge in [0.15, 0.2) is 22.3 Å². The van der Waals surface area contributed by atoms with Crippen molar-refractivity contribution in [2.75, 3.05) is 24.7 Å². The van der Waals surface area contributed by atoms with E-state index in [0.29, 0.717) is 42.7 Å². The minimum atomic E-state index is -0.0549. The van der Waals surface area contributed by atoms with E-state index in [0.717, 1.165) is 16.3 Å². The quantitative estimate of drug-likeness (QED) is 0.368. The lowest BCUT2D eigenvalue weighted by molar-refractivity contribution is -0.117. The molecule has 0 radical (unpaired) electrons. The molecular formula is C26H22N2O4S. The molecule has 5 rings (SSSR count). The summed E-state index contributed by atoms with van der Waals surface area (Å²) >= 11 is 1.46. The number of hydrogen-bond acceptors (Lipinski definition) is 6. The predicted molar refractivity (Wildman–Crippen MR) is 129 cm³/mol. The second-order valence-corrected chi connectivity index (χ2v) is 8.30. The maximum absolute atomic E-state index is 13.4. The maximum atomic E-state index is 13.4. The minimum absolute atomic E-state index is 0.0549. The fourth-order valence-corrected chi connectivity index (χ4v) is 4.35. The van der Waals surface area contributed by atoms with Gasteiger partial charge in [-0.1, -0.05) is 42.5 Å². The van der Waals surface area contributed by atoms with Crippen molar-refractivity contribution in [3.8, 4) is 22.3 Å². The van der Waals surface area contributed by atoms with Crippen molar-refractivity contribution < 1.29 is 18.7 Å². The lowest BCUT2D eigenvalue weighted by atomic mass is 10.2. The number of aromatic nitrogens is 1. The number of carbonyl (C=O) groups is 1. The molecule has 2 aromatic carbocycles. The molecule has 0 unspecified atom stereocenters. The van der Waals surface area contributed by atoms with E-state index in [1.54, 1.807) is 11.2 Å². The number of fused-ring (bicyclic) bond motifs is 1. The molecule has 0 N–H and O–H groups in total. The monoisotopic (exact) mass is 458 g/mol. The van der Waals surface area contributed by atoms with Gasteiger partial charge in [0, 0.05) is 23.7 Å². The summed E-state index contributed by atoms with van der Waals surface area (Å²) in [4.78, 5) is 19.7. The van der Waals surface area contributed by atoms with Crippen LogP contribution >= 0.6 is 11.3 Å². The van der Waals surface area contributed by atoms with Crippen LogP contribution in [0.1, 0.15) is 11.3 Å². The fourth-order valence-electron chi connectivity index (χ4n) is 3.56. The largest absolute Gasteiger partial charge is 0.486 e. The molecule has 0 bridgehead atoms. The summed E-state index contributed by atoms with van der Waals surface area (Å²) in [6.07, 6.45) is 5.80. The lowest BCUT2D eigenvalue weighted by Crippen LogP contribution is -2.32. The fraction of sp³-hybridized carbons (Fsp3) is 0.154. The van der Waals surface area contributed by atoms with Gasteiger partial charge < -0.3 is 18.8 Å². The van der Waals surface area contributed by atoms with Gasteiger partial charge in [0.2, 0.25) is 5.91 Å². The van der Waals surface area contributed by atoms with E-state index in [1.165, 1.54) is 11.3 Å². The summed E-state index contributed by atoms with van der Waals surface area (Å²) < 4.78 is 16.8. The Bertz CT molecular complexity index is 1250. The molecule has 7 heteroatoms. The number of benzene rings is 2. The molecule has 0 saturated carbocycles. The first-order valence-electron chi connectivity index (χ1n) is 10.7. The van der Waals surface area contributed by atoms with Crippen LogP contribution in [0.5, 0.6) is 11.5 Å². The topological polar surface area (TPSA) is 64.8 Å². The Hall–Kier alpha value is -3.84. The van der Waals surface area contributed by atoms with Crippen LogP contribution in [-0.2, 0) is 11.2 Å². The van der Waals surface area contributed by atoms with Crippen molar-refractivity contribution in [1.29, 1.82) is 0 Å². The molecule has 0 fully saturated rings. The summed E-state index contributed by atoms with van der Waals surface area (Å²) in [6.45, 7) is 1.44. The third-order valence-corrected chi connectivity index (χ3v) is 6.06. The number of anilines is 1. The average molecular weight is 459 g/mol. The molecule has 0 aliphatic carbocycles. The Morgan fingerprint density at radius 1 is 1.03 bits per heavy atom. The third-order valence-electron chi connectivity index (χ3n) is 5.15. The van der Waals surface area contributed by atoms with Crippen LogP contribution in [0.25, 0.3) is 16.8 Å². The van der Waals surface area contributed by atoms with Gasteiger partial charge in [-0.25, -0.2) is 4.98 Å². The van der Waals surface area contributed by atoms with Crippen molar-refractivity contribution >= 4 is 29.0 Å². The first-order chi connectivity index (χ1) is 16.3. The second kappa shape index (κ2) is 9.75. The van der Waals surface area contributed by atoms with Gasteiger partial charge in [-0.15, -0.1) is 11.3 Å². The normalized spacial score (nSPS) is 12.7.